The van der Waals surface area contributed by atoms with Crippen LogP contribution < -0.4 is 0 Å². The molecule has 0 aromatic carbocycles. The van der Waals surface area contributed by atoms with E-state index in [1.54, 1.807) is 6.07 Å². The van der Waals surface area contributed by atoms with Gasteiger partial charge in [0.15, 0.2) is 9.84 Å². The monoisotopic (exact) mass is 218 g/mol. The lowest BCUT2D eigenvalue weighted by molar-refractivity contribution is -0.137. The fourth-order valence-electron chi connectivity index (χ4n) is 0.901. The number of sulfone groups is 1. The molecule has 14 heavy (non-hydrogen) atoms. The fraction of sp³-hybridized carbons (Fsp3) is 0.375. The largest absolute Gasteiger partial charge is 0.468 e. The molecule has 0 fully saturated rings. The Bertz CT molecular complexity index is 389. The molecule has 0 saturated carbocycles. The Morgan fingerprint density at radius 3 is 2.79 bits per heavy atom. The average Bonchev–Trinajstić information content (AvgIpc) is 2.54. The Hall–Kier alpha value is -1.30. The molecule has 5 nitrogen and oxygen atoms in total. The third-order valence-corrected chi connectivity index (χ3v) is 2.91. The molecule has 1 heterocycles. The van der Waals surface area contributed by atoms with Crippen LogP contribution in [0.5, 0.6) is 0 Å². The molecule has 0 amide bonds. The molecular weight excluding hydrogens is 208 g/mol. The van der Waals surface area contributed by atoms with Crippen molar-refractivity contribution in [2.45, 2.75) is 5.75 Å². The van der Waals surface area contributed by atoms with Gasteiger partial charge in [-0.05, 0) is 12.1 Å². The number of esters is 1. The molecule has 0 aliphatic carbocycles. The number of methoxy groups -OCH3 is 1. The third kappa shape index (κ3) is 3.21. The molecule has 6 heteroatoms. The van der Waals surface area contributed by atoms with E-state index in [9.17, 15) is 13.2 Å². The van der Waals surface area contributed by atoms with Crippen LogP contribution >= 0.6 is 0 Å². The number of hydrogen-bond acceptors (Lipinski definition) is 5. The lowest BCUT2D eigenvalue weighted by Crippen LogP contribution is -2.18. The summed E-state index contributed by atoms with van der Waals surface area (Å²) in [5, 5.41) is 0. The van der Waals surface area contributed by atoms with E-state index in [1.807, 2.05) is 0 Å². The summed E-state index contributed by atoms with van der Waals surface area (Å²) < 4.78 is 31.7. The van der Waals surface area contributed by atoms with Gasteiger partial charge in [0, 0.05) is 0 Å². The first-order valence-electron chi connectivity index (χ1n) is 3.83. The van der Waals surface area contributed by atoms with Gasteiger partial charge in [0.1, 0.15) is 17.3 Å². The van der Waals surface area contributed by atoms with Crippen molar-refractivity contribution in [2.24, 2.45) is 0 Å². The van der Waals surface area contributed by atoms with Crippen LogP contribution in [0.2, 0.25) is 0 Å². The zero-order chi connectivity index (χ0) is 10.6. The molecule has 1 aromatic heterocycles. The smallest absolute Gasteiger partial charge is 0.320 e. The minimum atomic E-state index is -3.48. The molecule has 1 rings (SSSR count). The van der Waals surface area contributed by atoms with Gasteiger partial charge in [0.25, 0.3) is 0 Å². The van der Waals surface area contributed by atoms with E-state index < -0.39 is 21.6 Å². The topological polar surface area (TPSA) is 73.6 Å². The van der Waals surface area contributed by atoms with Gasteiger partial charge in [-0.1, -0.05) is 0 Å². The maximum atomic E-state index is 11.3. The van der Waals surface area contributed by atoms with Crippen molar-refractivity contribution >= 4 is 15.8 Å². The number of carbonyl (C=O) groups is 1. The molecule has 78 valence electrons. The van der Waals surface area contributed by atoms with E-state index in [4.69, 9.17) is 4.42 Å². The van der Waals surface area contributed by atoms with Crippen LogP contribution in [0.25, 0.3) is 0 Å². The highest BCUT2D eigenvalue weighted by Crippen LogP contribution is 2.07. The fourth-order valence-corrected chi connectivity index (χ4v) is 2.08. The lowest BCUT2D eigenvalue weighted by Gasteiger charge is -2.00. The minimum absolute atomic E-state index is 0.283. The second-order valence-corrected chi connectivity index (χ2v) is 4.75. The van der Waals surface area contributed by atoms with Crippen LogP contribution in [0.1, 0.15) is 5.76 Å². The van der Waals surface area contributed by atoms with E-state index in [0.29, 0.717) is 5.76 Å². The second-order valence-electron chi connectivity index (χ2n) is 2.69. The Balaban J connectivity index is 2.64. The van der Waals surface area contributed by atoms with Gasteiger partial charge in [-0.15, -0.1) is 0 Å². The molecule has 0 unspecified atom stereocenters. The van der Waals surface area contributed by atoms with Gasteiger partial charge in [-0.3, -0.25) is 4.79 Å². The van der Waals surface area contributed by atoms with Crippen molar-refractivity contribution in [2.75, 3.05) is 12.9 Å². The highest BCUT2D eigenvalue weighted by molar-refractivity contribution is 7.91. The molecule has 0 bridgehead atoms. The second kappa shape index (κ2) is 4.28. The van der Waals surface area contributed by atoms with E-state index in [0.717, 1.165) is 7.11 Å². The van der Waals surface area contributed by atoms with Gasteiger partial charge >= 0.3 is 5.97 Å². The zero-order valence-corrected chi connectivity index (χ0v) is 8.41. The Morgan fingerprint density at radius 2 is 2.29 bits per heavy atom. The summed E-state index contributed by atoms with van der Waals surface area (Å²) in [6.45, 7) is 0. The first kappa shape index (κ1) is 10.8. The number of hydrogen-bond donors (Lipinski definition) is 0. The SMILES string of the molecule is COC(=O)CS(=O)(=O)Cc1ccco1. The van der Waals surface area contributed by atoms with E-state index >= 15 is 0 Å². The van der Waals surface area contributed by atoms with Gasteiger partial charge in [0.05, 0.1) is 13.4 Å². The van der Waals surface area contributed by atoms with Crippen molar-refractivity contribution in [3.63, 3.8) is 0 Å². The quantitative estimate of drug-likeness (QED) is 0.682. The molecular formula is C8H10O5S. The highest BCUT2D eigenvalue weighted by Gasteiger charge is 2.18. The van der Waals surface area contributed by atoms with Gasteiger partial charge in [-0.25, -0.2) is 8.42 Å². The first-order valence-corrected chi connectivity index (χ1v) is 5.65. The van der Waals surface area contributed by atoms with E-state index in [2.05, 4.69) is 4.74 Å². The standard InChI is InChI=1S/C8H10O5S/c1-12-8(9)6-14(10,11)5-7-3-2-4-13-7/h2-4H,5-6H2,1H3. The number of furan rings is 1. The van der Waals surface area contributed by atoms with Crippen molar-refractivity contribution in [3.05, 3.63) is 24.2 Å². The molecule has 0 N–H and O–H groups in total. The van der Waals surface area contributed by atoms with Crippen LogP contribution in [-0.2, 0) is 25.1 Å². The summed E-state index contributed by atoms with van der Waals surface area (Å²) in [6.07, 6.45) is 1.38. The van der Waals surface area contributed by atoms with Gasteiger partial charge < -0.3 is 9.15 Å². The van der Waals surface area contributed by atoms with Crippen LogP contribution in [0, 0.1) is 0 Å². The molecule has 0 radical (unpaired) electrons. The number of ether oxygens (including phenoxy) is 1. The molecule has 0 spiro atoms. The van der Waals surface area contributed by atoms with Crippen LogP contribution in [-0.4, -0.2) is 27.2 Å². The van der Waals surface area contributed by atoms with Crippen molar-refractivity contribution in [1.82, 2.24) is 0 Å². The molecule has 0 saturated heterocycles. The number of carbonyl (C=O) groups excluding carboxylic acids is 1. The number of rotatable bonds is 4. The summed E-state index contributed by atoms with van der Waals surface area (Å²) in [5.74, 6) is -1.36. The first-order chi connectivity index (χ1) is 6.53. The van der Waals surface area contributed by atoms with Crippen molar-refractivity contribution in [3.8, 4) is 0 Å². The molecule has 0 aliphatic rings. The van der Waals surface area contributed by atoms with Crippen molar-refractivity contribution < 1.29 is 22.4 Å². The maximum Gasteiger partial charge on any atom is 0.320 e. The minimum Gasteiger partial charge on any atom is -0.468 e. The van der Waals surface area contributed by atoms with E-state index in [1.165, 1.54) is 12.3 Å². The normalized spacial score (nSPS) is 11.2. The summed E-state index contributed by atoms with van der Waals surface area (Å²) in [6, 6.07) is 3.12. The predicted molar refractivity (Wildman–Crippen MR) is 48.2 cm³/mol. The summed E-state index contributed by atoms with van der Waals surface area (Å²) in [7, 11) is -2.34. The zero-order valence-electron chi connectivity index (χ0n) is 7.60. The Labute approximate surface area is 81.6 Å². The Morgan fingerprint density at radius 1 is 1.57 bits per heavy atom. The summed E-state index contributed by atoms with van der Waals surface area (Å²) in [5.41, 5.74) is 0. The van der Waals surface area contributed by atoms with Gasteiger partial charge in [-0.2, -0.15) is 0 Å². The van der Waals surface area contributed by atoms with E-state index in [-0.39, 0.29) is 5.75 Å². The summed E-state index contributed by atoms with van der Waals surface area (Å²) in [4.78, 5) is 10.7. The van der Waals surface area contributed by atoms with Gasteiger partial charge in [0.2, 0.25) is 0 Å². The lowest BCUT2D eigenvalue weighted by atomic mass is 10.5. The average molecular weight is 218 g/mol. The highest BCUT2D eigenvalue weighted by atomic mass is 32.2. The molecule has 0 atom stereocenters. The third-order valence-electron chi connectivity index (χ3n) is 1.51. The molecule has 1 aromatic rings. The van der Waals surface area contributed by atoms with Crippen LogP contribution in [0.15, 0.2) is 22.8 Å². The van der Waals surface area contributed by atoms with Crippen LogP contribution in [0.4, 0.5) is 0 Å². The maximum absolute atomic E-state index is 11.3. The predicted octanol–water partition coefficient (Wildman–Crippen LogP) is 0.367. The van der Waals surface area contributed by atoms with Crippen LogP contribution in [0.3, 0.4) is 0 Å². The molecule has 0 aliphatic heterocycles. The van der Waals surface area contributed by atoms with Crippen molar-refractivity contribution in [1.29, 1.82) is 0 Å². The Kier molecular flexibility index (Phi) is 3.29. The summed E-state index contributed by atoms with van der Waals surface area (Å²) >= 11 is 0.